The summed E-state index contributed by atoms with van der Waals surface area (Å²) in [6, 6.07) is 10.4. The zero-order valence-electron chi connectivity index (χ0n) is 9.76. The van der Waals surface area contributed by atoms with Crippen LogP contribution in [0.3, 0.4) is 0 Å². The van der Waals surface area contributed by atoms with Crippen LogP contribution in [0.5, 0.6) is 0 Å². The van der Waals surface area contributed by atoms with Crippen molar-refractivity contribution in [2.75, 3.05) is 0 Å². The molecule has 0 aliphatic heterocycles. The summed E-state index contributed by atoms with van der Waals surface area (Å²) in [6.45, 7) is 0. The van der Waals surface area contributed by atoms with Crippen LogP contribution in [-0.2, 0) is 4.79 Å². The summed E-state index contributed by atoms with van der Waals surface area (Å²) in [5.74, 6) is -1.98. The van der Waals surface area contributed by atoms with Gasteiger partial charge in [0, 0.05) is 18.3 Å². The van der Waals surface area contributed by atoms with Gasteiger partial charge in [-0.15, -0.1) is 0 Å². The molecule has 0 saturated carbocycles. The normalized spacial score (nSPS) is 11.8. The fraction of sp³-hybridized carbons (Fsp3) is 0.0769. The van der Waals surface area contributed by atoms with Gasteiger partial charge in [-0.1, -0.05) is 18.2 Å². The number of rotatable bonds is 4. The minimum atomic E-state index is -1.05. The third kappa shape index (κ3) is 2.74. The van der Waals surface area contributed by atoms with E-state index in [2.05, 4.69) is 4.98 Å². The molecule has 0 aliphatic carbocycles. The average Bonchev–Trinajstić information content (AvgIpc) is 2.40. The predicted molar refractivity (Wildman–Crippen MR) is 66.8 cm³/mol. The van der Waals surface area contributed by atoms with E-state index in [0.717, 1.165) is 0 Å². The Kier molecular flexibility index (Phi) is 3.51. The van der Waals surface area contributed by atoms with Crippen molar-refractivity contribution in [1.29, 1.82) is 0 Å². The molecule has 0 amide bonds. The van der Waals surface area contributed by atoms with Crippen LogP contribution in [0, 0.1) is 10.1 Å². The maximum Gasteiger partial charge on any atom is 0.317 e. The average molecular weight is 258 g/mol. The third-order valence-electron chi connectivity index (χ3n) is 2.67. The van der Waals surface area contributed by atoms with Crippen molar-refractivity contribution in [3.05, 3.63) is 70.0 Å². The number of aliphatic carboxylic acids is 1. The fourth-order valence-corrected chi connectivity index (χ4v) is 1.78. The van der Waals surface area contributed by atoms with E-state index in [1.54, 1.807) is 18.2 Å². The lowest BCUT2D eigenvalue weighted by molar-refractivity contribution is -0.384. The van der Waals surface area contributed by atoms with E-state index in [-0.39, 0.29) is 5.69 Å². The molecule has 0 aliphatic rings. The number of pyridine rings is 1. The highest BCUT2D eigenvalue weighted by Gasteiger charge is 2.23. The molecule has 1 atom stereocenters. The molecule has 0 fully saturated rings. The van der Waals surface area contributed by atoms with Gasteiger partial charge in [-0.05, 0) is 17.7 Å². The molecule has 1 aromatic carbocycles. The number of carboxylic acids is 1. The van der Waals surface area contributed by atoms with Gasteiger partial charge in [-0.3, -0.25) is 19.9 Å². The van der Waals surface area contributed by atoms with Crippen LogP contribution >= 0.6 is 0 Å². The molecule has 0 saturated heterocycles. The lowest BCUT2D eigenvalue weighted by Gasteiger charge is -2.11. The topological polar surface area (TPSA) is 93.3 Å². The highest BCUT2D eigenvalue weighted by Crippen LogP contribution is 2.25. The number of non-ortho nitro benzene ring substituents is 1. The first kappa shape index (κ1) is 12.7. The molecule has 1 N–H and O–H groups in total. The van der Waals surface area contributed by atoms with E-state index in [1.165, 1.54) is 30.5 Å². The Hall–Kier alpha value is -2.76. The molecule has 6 nitrogen and oxygen atoms in total. The van der Waals surface area contributed by atoms with Gasteiger partial charge < -0.3 is 5.11 Å². The molecule has 0 spiro atoms. The summed E-state index contributed by atoms with van der Waals surface area (Å²) < 4.78 is 0. The molecule has 19 heavy (non-hydrogen) atoms. The Morgan fingerprint density at radius 3 is 2.37 bits per heavy atom. The van der Waals surface area contributed by atoms with Gasteiger partial charge in [0.2, 0.25) is 0 Å². The Labute approximate surface area is 108 Å². The van der Waals surface area contributed by atoms with E-state index in [9.17, 15) is 20.0 Å². The van der Waals surface area contributed by atoms with Crippen molar-refractivity contribution in [1.82, 2.24) is 4.98 Å². The van der Waals surface area contributed by atoms with Crippen molar-refractivity contribution in [3.8, 4) is 0 Å². The molecule has 6 heteroatoms. The Balaban J connectivity index is 2.40. The summed E-state index contributed by atoms with van der Waals surface area (Å²) in [7, 11) is 0. The van der Waals surface area contributed by atoms with E-state index in [1.807, 2.05) is 0 Å². The van der Waals surface area contributed by atoms with Gasteiger partial charge >= 0.3 is 5.97 Å². The van der Waals surface area contributed by atoms with E-state index < -0.39 is 16.8 Å². The second-order valence-corrected chi connectivity index (χ2v) is 3.87. The highest BCUT2D eigenvalue weighted by atomic mass is 16.6. The minimum Gasteiger partial charge on any atom is -0.480 e. The zero-order chi connectivity index (χ0) is 13.8. The highest BCUT2D eigenvalue weighted by molar-refractivity contribution is 5.79. The number of aromatic nitrogens is 1. The summed E-state index contributed by atoms with van der Waals surface area (Å²) in [5.41, 5.74) is 0.773. The summed E-state index contributed by atoms with van der Waals surface area (Å²) >= 11 is 0. The van der Waals surface area contributed by atoms with Gasteiger partial charge in [0.05, 0.1) is 10.6 Å². The van der Waals surface area contributed by atoms with Gasteiger partial charge in [-0.25, -0.2) is 0 Å². The van der Waals surface area contributed by atoms with Crippen LogP contribution < -0.4 is 0 Å². The second-order valence-electron chi connectivity index (χ2n) is 3.87. The number of nitro benzene ring substituents is 1. The second kappa shape index (κ2) is 5.26. The number of carbonyl (C=O) groups is 1. The van der Waals surface area contributed by atoms with Crippen molar-refractivity contribution in [2.45, 2.75) is 5.92 Å². The van der Waals surface area contributed by atoms with Crippen LogP contribution in [0.2, 0.25) is 0 Å². The summed E-state index contributed by atoms with van der Waals surface area (Å²) in [6.07, 6.45) is 1.51. The van der Waals surface area contributed by atoms with Gasteiger partial charge in [0.25, 0.3) is 5.69 Å². The monoisotopic (exact) mass is 258 g/mol. The summed E-state index contributed by atoms with van der Waals surface area (Å²) in [4.78, 5) is 25.4. The first-order valence-corrected chi connectivity index (χ1v) is 5.47. The van der Waals surface area contributed by atoms with E-state index in [4.69, 9.17) is 0 Å². The van der Waals surface area contributed by atoms with Crippen LogP contribution in [0.15, 0.2) is 48.7 Å². The largest absolute Gasteiger partial charge is 0.480 e. The smallest absolute Gasteiger partial charge is 0.317 e. The molecule has 1 aromatic heterocycles. The molecular formula is C13H10N2O4. The molecular weight excluding hydrogens is 248 g/mol. The van der Waals surface area contributed by atoms with Crippen LogP contribution in [0.25, 0.3) is 0 Å². The maximum atomic E-state index is 11.3. The first-order chi connectivity index (χ1) is 9.09. The van der Waals surface area contributed by atoms with Crippen LogP contribution in [0.1, 0.15) is 17.2 Å². The summed E-state index contributed by atoms with van der Waals surface area (Å²) in [5, 5.41) is 19.8. The van der Waals surface area contributed by atoms with Gasteiger partial charge in [0.1, 0.15) is 5.92 Å². The Bertz CT molecular complexity index is 596. The van der Waals surface area contributed by atoms with E-state index >= 15 is 0 Å². The molecule has 96 valence electrons. The number of hydrogen-bond acceptors (Lipinski definition) is 4. The molecule has 1 heterocycles. The third-order valence-corrected chi connectivity index (χ3v) is 2.67. The molecule has 2 aromatic rings. The molecule has 1 unspecified atom stereocenters. The predicted octanol–water partition coefficient (Wildman–Crippen LogP) is 2.21. The number of hydrogen-bond donors (Lipinski definition) is 1. The lowest BCUT2D eigenvalue weighted by Crippen LogP contribution is -2.14. The van der Waals surface area contributed by atoms with Crippen molar-refractivity contribution in [2.24, 2.45) is 0 Å². The van der Waals surface area contributed by atoms with Crippen LogP contribution in [0.4, 0.5) is 5.69 Å². The molecule has 0 radical (unpaired) electrons. The van der Waals surface area contributed by atoms with Gasteiger partial charge in [-0.2, -0.15) is 0 Å². The lowest BCUT2D eigenvalue weighted by atomic mass is 9.95. The zero-order valence-corrected chi connectivity index (χ0v) is 9.76. The maximum absolute atomic E-state index is 11.3. The number of benzene rings is 1. The quantitative estimate of drug-likeness (QED) is 0.670. The molecule has 2 rings (SSSR count). The van der Waals surface area contributed by atoms with Crippen molar-refractivity contribution >= 4 is 11.7 Å². The standard InChI is InChI=1S/C13H10N2O4/c16-13(17)12(11-3-1-2-8-14-11)9-4-6-10(7-5-9)15(18)19/h1-8,12H,(H,16,17). The number of nitro groups is 1. The van der Waals surface area contributed by atoms with Gasteiger partial charge in [0.15, 0.2) is 0 Å². The van der Waals surface area contributed by atoms with E-state index in [0.29, 0.717) is 11.3 Å². The van der Waals surface area contributed by atoms with Crippen molar-refractivity contribution in [3.63, 3.8) is 0 Å². The Morgan fingerprint density at radius 2 is 1.89 bits per heavy atom. The fourth-order valence-electron chi connectivity index (χ4n) is 1.78. The number of nitrogens with zero attached hydrogens (tertiary/aromatic N) is 2. The molecule has 0 bridgehead atoms. The Morgan fingerprint density at radius 1 is 1.21 bits per heavy atom. The number of carboxylic acid groups (broad SMARTS) is 1. The SMILES string of the molecule is O=C(O)C(c1ccc([N+](=O)[O-])cc1)c1ccccn1. The first-order valence-electron chi connectivity index (χ1n) is 5.47. The van der Waals surface area contributed by atoms with Crippen LogP contribution in [-0.4, -0.2) is 21.0 Å². The minimum absolute atomic E-state index is 0.0751. The van der Waals surface area contributed by atoms with Crippen molar-refractivity contribution < 1.29 is 14.8 Å².